The summed E-state index contributed by atoms with van der Waals surface area (Å²) in [5, 5.41) is 12.1. The Balaban J connectivity index is 0.942. The zero-order chi connectivity index (χ0) is 49.2. The number of pyridine rings is 2. The van der Waals surface area contributed by atoms with Crippen LogP contribution >= 0.6 is 0 Å². The van der Waals surface area contributed by atoms with Crippen LogP contribution in [0, 0.1) is 0 Å². The monoisotopic (exact) mass is 944 g/mol. The molecule has 348 valence electrons. The fourth-order valence-corrected chi connectivity index (χ4v) is 13.8. The first-order valence-electron chi connectivity index (χ1n) is 25.9. The van der Waals surface area contributed by atoms with Gasteiger partial charge in [0.25, 0.3) is 0 Å². The Morgan fingerprint density at radius 3 is 1.08 bits per heavy atom. The molecule has 0 fully saturated rings. The zero-order valence-corrected chi connectivity index (χ0v) is 41.6. The fourth-order valence-electron chi connectivity index (χ4n) is 13.8. The van der Waals surface area contributed by atoms with E-state index in [9.17, 15) is 0 Å². The number of benzene rings is 10. The van der Waals surface area contributed by atoms with E-state index in [1.165, 1.54) is 132 Å². The quantitative estimate of drug-likeness (QED) is 0.165. The van der Waals surface area contributed by atoms with Gasteiger partial charge in [0.2, 0.25) is 0 Å². The standard InChI is InChI=1S/C70H48N4/c1-69(2)57-19-11-9-13-47(57)49-31-25-43(37-59(49)69)41-21-27-45(28-22-41)73-61-39-71-35-33-55(61)63-51-15-5-8-18-54(51)66-65(67(63)73)53-17-7-6-16-52(53)64-56-34-36-72-40-62(56)74(68(64)66)46-29-23-42(24-30-46)44-26-32-50-48-14-10-12-20-58(48)70(3,4)60(50)38-44/h5-40H,1-4H3. The van der Waals surface area contributed by atoms with Gasteiger partial charge in [0.05, 0.1) is 34.5 Å². The van der Waals surface area contributed by atoms with Gasteiger partial charge in [-0.15, -0.1) is 0 Å². The Morgan fingerprint density at radius 2 is 0.662 bits per heavy atom. The second-order valence-electron chi connectivity index (χ2n) is 21.7. The van der Waals surface area contributed by atoms with Crippen molar-refractivity contribution in [2.75, 3.05) is 0 Å². The van der Waals surface area contributed by atoms with Crippen molar-refractivity contribution in [1.82, 2.24) is 19.1 Å². The lowest BCUT2D eigenvalue weighted by Gasteiger charge is -2.22. The Hall–Kier alpha value is -9.12. The molecule has 2 aliphatic rings. The number of rotatable bonds is 4. The summed E-state index contributed by atoms with van der Waals surface area (Å²) in [6.07, 6.45) is 7.99. The van der Waals surface area contributed by atoms with Crippen LogP contribution in [0.2, 0.25) is 0 Å². The van der Waals surface area contributed by atoms with Gasteiger partial charge in [-0.1, -0.05) is 173 Å². The summed E-state index contributed by atoms with van der Waals surface area (Å²) in [4.78, 5) is 9.62. The lowest BCUT2D eigenvalue weighted by Crippen LogP contribution is -2.14. The summed E-state index contributed by atoms with van der Waals surface area (Å²) in [5.41, 5.74) is 22.3. The van der Waals surface area contributed by atoms with Gasteiger partial charge in [-0.3, -0.25) is 9.97 Å². The summed E-state index contributed by atoms with van der Waals surface area (Å²) in [6, 6.07) is 72.8. The lowest BCUT2D eigenvalue weighted by molar-refractivity contribution is 0.660. The van der Waals surface area contributed by atoms with Crippen LogP contribution in [0.15, 0.2) is 219 Å². The molecule has 0 atom stereocenters. The topological polar surface area (TPSA) is 35.6 Å². The van der Waals surface area contributed by atoms with Crippen molar-refractivity contribution in [2.45, 2.75) is 38.5 Å². The molecule has 74 heavy (non-hydrogen) atoms. The molecule has 0 N–H and O–H groups in total. The van der Waals surface area contributed by atoms with Crippen molar-refractivity contribution >= 4 is 75.9 Å². The van der Waals surface area contributed by atoms with Crippen LogP contribution in [-0.2, 0) is 10.8 Å². The molecule has 0 amide bonds. The van der Waals surface area contributed by atoms with Crippen LogP contribution in [0.4, 0.5) is 0 Å². The van der Waals surface area contributed by atoms with Crippen LogP contribution in [0.3, 0.4) is 0 Å². The molecule has 0 bridgehead atoms. The third-order valence-electron chi connectivity index (χ3n) is 17.3. The number of aromatic nitrogens is 4. The van der Waals surface area contributed by atoms with Gasteiger partial charge < -0.3 is 9.13 Å². The van der Waals surface area contributed by atoms with E-state index in [0.29, 0.717) is 0 Å². The highest BCUT2D eigenvalue weighted by molar-refractivity contribution is 6.44. The average Bonchev–Trinajstić information content (AvgIpc) is 4.14. The molecule has 0 saturated carbocycles. The first-order valence-corrected chi connectivity index (χ1v) is 25.9. The van der Waals surface area contributed by atoms with Crippen molar-refractivity contribution in [3.8, 4) is 55.9 Å². The molecule has 0 unspecified atom stereocenters. The third kappa shape index (κ3) is 5.41. The van der Waals surface area contributed by atoms with E-state index >= 15 is 0 Å². The van der Waals surface area contributed by atoms with Gasteiger partial charge in [-0.25, -0.2) is 0 Å². The molecule has 0 saturated heterocycles. The zero-order valence-electron chi connectivity index (χ0n) is 41.6. The van der Waals surface area contributed by atoms with Crippen molar-refractivity contribution in [3.63, 3.8) is 0 Å². The van der Waals surface area contributed by atoms with Crippen molar-refractivity contribution in [3.05, 3.63) is 241 Å². The molecule has 0 aliphatic heterocycles. The molecular formula is C70H48N4. The number of hydrogen-bond acceptors (Lipinski definition) is 2. The fraction of sp³-hybridized carbons (Fsp3) is 0.0857. The van der Waals surface area contributed by atoms with Gasteiger partial charge in [-0.05, 0) is 137 Å². The van der Waals surface area contributed by atoms with E-state index in [-0.39, 0.29) is 10.8 Å². The molecule has 2 aliphatic carbocycles. The van der Waals surface area contributed by atoms with Crippen LogP contribution in [0.5, 0.6) is 0 Å². The van der Waals surface area contributed by atoms with Gasteiger partial charge in [-0.2, -0.15) is 0 Å². The minimum Gasteiger partial charge on any atom is -0.307 e. The predicted molar refractivity (Wildman–Crippen MR) is 309 cm³/mol. The Kier molecular flexibility index (Phi) is 8.27. The Morgan fingerprint density at radius 1 is 0.311 bits per heavy atom. The first-order chi connectivity index (χ1) is 36.3. The number of nitrogens with zero attached hydrogens (tertiary/aromatic N) is 4. The third-order valence-corrected chi connectivity index (χ3v) is 17.3. The largest absolute Gasteiger partial charge is 0.307 e. The summed E-state index contributed by atoms with van der Waals surface area (Å²) >= 11 is 0. The molecule has 14 aromatic rings. The van der Waals surface area contributed by atoms with Crippen molar-refractivity contribution in [1.29, 1.82) is 0 Å². The molecule has 4 heteroatoms. The molecule has 0 radical (unpaired) electrons. The van der Waals surface area contributed by atoms with E-state index in [4.69, 9.17) is 9.97 Å². The van der Waals surface area contributed by atoms with Crippen LogP contribution in [0.25, 0.3) is 132 Å². The van der Waals surface area contributed by atoms with Crippen LogP contribution in [-0.4, -0.2) is 19.1 Å². The van der Waals surface area contributed by atoms with Crippen LogP contribution < -0.4 is 0 Å². The maximum absolute atomic E-state index is 4.81. The van der Waals surface area contributed by atoms with E-state index < -0.39 is 0 Å². The van der Waals surface area contributed by atoms with Gasteiger partial charge >= 0.3 is 0 Å². The summed E-state index contributed by atoms with van der Waals surface area (Å²) < 4.78 is 4.97. The molecular weight excluding hydrogens is 897 g/mol. The minimum atomic E-state index is -0.0737. The van der Waals surface area contributed by atoms with Crippen molar-refractivity contribution < 1.29 is 0 Å². The van der Waals surface area contributed by atoms with E-state index in [0.717, 1.165) is 22.4 Å². The highest BCUT2D eigenvalue weighted by Gasteiger charge is 2.37. The van der Waals surface area contributed by atoms with Crippen LogP contribution in [0.1, 0.15) is 49.9 Å². The molecule has 10 aromatic carbocycles. The first kappa shape index (κ1) is 41.5. The highest BCUT2D eigenvalue weighted by Crippen LogP contribution is 2.53. The molecule has 4 heterocycles. The van der Waals surface area contributed by atoms with Gasteiger partial charge in [0.1, 0.15) is 0 Å². The second-order valence-corrected chi connectivity index (χ2v) is 21.7. The second kappa shape index (κ2) is 14.7. The molecule has 16 rings (SSSR count). The van der Waals surface area contributed by atoms with E-state index in [2.05, 4.69) is 243 Å². The summed E-state index contributed by atoms with van der Waals surface area (Å²) in [5.74, 6) is 0. The lowest BCUT2D eigenvalue weighted by atomic mass is 9.81. The summed E-state index contributed by atoms with van der Waals surface area (Å²) in [7, 11) is 0. The number of hydrogen-bond donors (Lipinski definition) is 0. The smallest absolute Gasteiger partial charge is 0.0724 e. The van der Waals surface area contributed by atoms with E-state index in [1.807, 2.05) is 12.4 Å². The van der Waals surface area contributed by atoms with Crippen molar-refractivity contribution in [2.24, 2.45) is 0 Å². The Labute approximate surface area is 428 Å². The average molecular weight is 945 g/mol. The SMILES string of the molecule is CC1(C)c2ccccc2-c2ccc(-c3ccc(-n4c5cnccc5c5c6ccccc6c6c(c7ccccc7c7c8ccncc8n(-c8ccc(-c9ccc%10c(c9)C(C)(C)c9ccccc9-%10)cc8)c76)c54)cc3)cc21. The highest BCUT2D eigenvalue weighted by atomic mass is 15.0. The predicted octanol–water partition coefficient (Wildman–Crippen LogP) is 18.1. The van der Waals surface area contributed by atoms with E-state index in [1.54, 1.807) is 0 Å². The van der Waals surface area contributed by atoms with Gasteiger partial charge in [0, 0.05) is 66.9 Å². The number of fused-ring (bicyclic) bond motifs is 21. The normalized spacial score (nSPS) is 14.2. The maximum atomic E-state index is 4.81. The molecule has 4 aromatic heterocycles. The molecule has 4 nitrogen and oxygen atoms in total. The molecule has 0 spiro atoms. The Bertz CT molecular complexity index is 4450. The van der Waals surface area contributed by atoms with Gasteiger partial charge in [0.15, 0.2) is 0 Å². The minimum absolute atomic E-state index is 0.0737. The summed E-state index contributed by atoms with van der Waals surface area (Å²) in [6.45, 7) is 9.42. The maximum Gasteiger partial charge on any atom is 0.0724 e.